The molecule has 1 aromatic heterocycles. The first-order chi connectivity index (χ1) is 12.8. The lowest BCUT2D eigenvalue weighted by Gasteiger charge is -2.26. The van der Waals surface area contributed by atoms with Crippen LogP contribution in [0, 0.1) is 5.82 Å². The zero-order valence-electron chi connectivity index (χ0n) is 15.2. The molecule has 2 amide bonds. The second-order valence-electron chi connectivity index (χ2n) is 5.95. The molecule has 2 N–H and O–H groups in total. The van der Waals surface area contributed by atoms with Crippen molar-refractivity contribution in [1.29, 1.82) is 0 Å². The van der Waals surface area contributed by atoms with Crippen molar-refractivity contribution in [3.8, 4) is 0 Å². The van der Waals surface area contributed by atoms with Gasteiger partial charge in [0.25, 0.3) is 5.91 Å². The van der Waals surface area contributed by atoms with Gasteiger partial charge in [-0.05, 0) is 19.1 Å². The molecule has 0 bridgehead atoms. The molecule has 1 aromatic carbocycles. The minimum atomic E-state index is -1.17. The van der Waals surface area contributed by atoms with Gasteiger partial charge in [0.15, 0.2) is 0 Å². The Balaban J connectivity index is 2.46. The predicted octanol–water partition coefficient (Wildman–Crippen LogP) is 2.24. The number of hydrogen-bond donors (Lipinski definition) is 2. The molecule has 0 fully saturated rings. The van der Waals surface area contributed by atoms with E-state index in [0.29, 0.717) is 15.6 Å². The molecule has 1 atom stereocenters. The first-order valence-electron chi connectivity index (χ1n) is 8.25. The number of methoxy groups -OCH3 is 1. The van der Waals surface area contributed by atoms with Crippen LogP contribution in [-0.2, 0) is 20.9 Å². The molecule has 0 saturated carbocycles. The molecule has 0 aliphatic carbocycles. The highest BCUT2D eigenvalue weighted by Crippen LogP contribution is 2.34. The maximum absolute atomic E-state index is 14.3. The fourth-order valence-corrected chi connectivity index (χ4v) is 3.89. The number of halogens is 1. The van der Waals surface area contributed by atoms with Gasteiger partial charge in [0.05, 0.1) is 11.5 Å². The van der Waals surface area contributed by atoms with Gasteiger partial charge in [-0.3, -0.25) is 9.59 Å². The van der Waals surface area contributed by atoms with Crippen LogP contribution in [0.4, 0.5) is 4.39 Å². The number of carbonyl (C=O) groups excluding carboxylic acids is 2. The van der Waals surface area contributed by atoms with Crippen LogP contribution in [-0.4, -0.2) is 54.0 Å². The van der Waals surface area contributed by atoms with Crippen LogP contribution in [0.1, 0.15) is 29.1 Å². The summed E-state index contributed by atoms with van der Waals surface area (Å²) in [5.74, 6) is -2.46. The highest BCUT2D eigenvalue weighted by molar-refractivity contribution is 7.21. The van der Waals surface area contributed by atoms with E-state index >= 15 is 0 Å². The molecular weight excluding hydrogens is 375 g/mol. The number of aliphatic carboxylic acids is 1. The summed E-state index contributed by atoms with van der Waals surface area (Å²) in [6, 6.07) is 3.43. The summed E-state index contributed by atoms with van der Waals surface area (Å²) in [6.45, 7) is 2.85. The van der Waals surface area contributed by atoms with E-state index in [-0.39, 0.29) is 30.5 Å². The highest BCUT2D eigenvalue weighted by atomic mass is 32.1. The standard InChI is InChI=1S/C18H21FN2O5S/c1-10(18(24)25)21(8-7-20-11(2)22)17(23)16-12(9-26-3)15-13(19)5-4-6-14(15)27-16/h4-6,10H,7-9H2,1-3H3,(H,20,22)(H,24,25). The molecule has 2 aromatic rings. The fourth-order valence-electron chi connectivity index (χ4n) is 2.71. The van der Waals surface area contributed by atoms with Crippen molar-refractivity contribution >= 4 is 39.2 Å². The Bertz CT molecular complexity index is 867. The molecule has 146 valence electrons. The Hall–Kier alpha value is -2.52. The van der Waals surface area contributed by atoms with E-state index in [4.69, 9.17) is 4.74 Å². The number of rotatable bonds is 8. The average Bonchev–Trinajstić information content (AvgIpc) is 2.97. The Kier molecular flexibility index (Phi) is 6.86. The molecular formula is C18H21FN2O5S. The maximum Gasteiger partial charge on any atom is 0.326 e. The minimum Gasteiger partial charge on any atom is -0.480 e. The molecule has 9 heteroatoms. The third-order valence-electron chi connectivity index (χ3n) is 4.06. The molecule has 27 heavy (non-hydrogen) atoms. The number of thiophene rings is 1. The Morgan fingerprint density at radius 2 is 2.07 bits per heavy atom. The number of hydrogen-bond acceptors (Lipinski definition) is 5. The van der Waals surface area contributed by atoms with Crippen molar-refractivity contribution < 1.29 is 28.6 Å². The van der Waals surface area contributed by atoms with E-state index in [1.54, 1.807) is 12.1 Å². The van der Waals surface area contributed by atoms with Crippen LogP contribution in [0.2, 0.25) is 0 Å². The number of carboxylic acid groups (broad SMARTS) is 1. The molecule has 0 saturated heterocycles. The Morgan fingerprint density at radius 1 is 1.37 bits per heavy atom. The molecule has 0 aliphatic rings. The maximum atomic E-state index is 14.3. The molecule has 0 aliphatic heterocycles. The Labute approximate surface area is 159 Å². The minimum absolute atomic E-state index is 0.00896. The van der Waals surface area contributed by atoms with Gasteiger partial charge < -0.3 is 20.1 Å². The SMILES string of the molecule is COCc1c(C(=O)N(CCNC(C)=O)C(C)C(=O)O)sc2cccc(F)c12. The summed E-state index contributed by atoms with van der Waals surface area (Å²) in [7, 11) is 1.44. The summed E-state index contributed by atoms with van der Waals surface area (Å²) in [6.07, 6.45) is 0. The first kappa shape index (κ1) is 20.8. The monoisotopic (exact) mass is 396 g/mol. The normalized spacial score (nSPS) is 12.0. The number of nitrogens with zero attached hydrogens (tertiary/aromatic N) is 1. The summed E-state index contributed by atoms with van der Waals surface area (Å²) in [4.78, 5) is 37.0. The Morgan fingerprint density at radius 3 is 2.67 bits per heavy atom. The molecule has 0 spiro atoms. The van der Waals surface area contributed by atoms with E-state index in [9.17, 15) is 23.9 Å². The molecule has 2 rings (SSSR count). The number of nitrogens with one attached hydrogen (secondary N) is 1. The molecule has 0 radical (unpaired) electrons. The quantitative estimate of drug-likeness (QED) is 0.713. The lowest BCUT2D eigenvalue weighted by molar-refractivity contribution is -0.141. The van der Waals surface area contributed by atoms with Crippen LogP contribution in [0.3, 0.4) is 0 Å². The summed E-state index contributed by atoms with van der Waals surface area (Å²) < 4.78 is 20.0. The van der Waals surface area contributed by atoms with Gasteiger partial charge in [-0.25, -0.2) is 9.18 Å². The van der Waals surface area contributed by atoms with Crippen LogP contribution in [0.5, 0.6) is 0 Å². The highest BCUT2D eigenvalue weighted by Gasteiger charge is 2.30. The van der Waals surface area contributed by atoms with Gasteiger partial charge >= 0.3 is 5.97 Å². The van der Waals surface area contributed by atoms with Crippen LogP contribution >= 0.6 is 11.3 Å². The average molecular weight is 396 g/mol. The number of ether oxygens (including phenoxy) is 1. The van der Waals surface area contributed by atoms with E-state index in [1.165, 1.54) is 27.0 Å². The van der Waals surface area contributed by atoms with E-state index < -0.39 is 23.7 Å². The third-order valence-corrected chi connectivity index (χ3v) is 5.24. The van der Waals surface area contributed by atoms with E-state index in [0.717, 1.165) is 16.2 Å². The number of carboxylic acids is 1. The van der Waals surface area contributed by atoms with Crippen molar-refractivity contribution in [3.63, 3.8) is 0 Å². The van der Waals surface area contributed by atoms with Crippen molar-refractivity contribution in [2.45, 2.75) is 26.5 Å². The van der Waals surface area contributed by atoms with Crippen molar-refractivity contribution in [3.05, 3.63) is 34.5 Å². The van der Waals surface area contributed by atoms with E-state index in [2.05, 4.69) is 5.32 Å². The summed E-state index contributed by atoms with van der Waals surface area (Å²) in [5, 5.41) is 12.2. The van der Waals surface area contributed by atoms with Gasteiger partial charge in [-0.15, -0.1) is 11.3 Å². The fraction of sp³-hybridized carbons (Fsp3) is 0.389. The zero-order valence-corrected chi connectivity index (χ0v) is 16.1. The molecule has 1 heterocycles. The number of benzene rings is 1. The predicted molar refractivity (Wildman–Crippen MR) is 99.3 cm³/mol. The van der Waals surface area contributed by atoms with Crippen molar-refractivity contribution in [2.75, 3.05) is 20.2 Å². The molecule has 1 unspecified atom stereocenters. The van der Waals surface area contributed by atoms with Gasteiger partial charge in [0.2, 0.25) is 5.91 Å². The van der Waals surface area contributed by atoms with Gasteiger partial charge in [-0.1, -0.05) is 6.07 Å². The lowest BCUT2D eigenvalue weighted by Crippen LogP contribution is -2.46. The second kappa shape index (κ2) is 8.92. The van der Waals surface area contributed by atoms with Gasteiger partial charge in [0, 0.05) is 42.8 Å². The number of carbonyl (C=O) groups is 3. The number of amides is 2. The van der Waals surface area contributed by atoms with Crippen molar-refractivity contribution in [2.24, 2.45) is 0 Å². The van der Waals surface area contributed by atoms with E-state index in [1.807, 2.05) is 0 Å². The summed E-state index contributed by atoms with van der Waals surface area (Å²) in [5.41, 5.74) is 0.391. The lowest BCUT2D eigenvalue weighted by atomic mass is 10.1. The second-order valence-corrected chi connectivity index (χ2v) is 7.00. The smallest absolute Gasteiger partial charge is 0.326 e. The van der Waals surface area contributed by atoms with Crippen molar-refractivity contribution in [1.82, 2.24) is 10.2 Å². The zero-order chi connectivity index (χ0) is 20.1. The van der Waals surface area contributed by atoms with Gasteiger partial charge in [-0.2, -0.15) is 0 Å². The molecule has 7 nitrogen and oxygen atoms in total. The number of fused-ring (bicyclic) bond motifs is 1. The summed E-state index contributed by atoms with van der Waals surface area (Å²) >= 11 is 1.09. The topological polar surface area (TPSA) is 95.9 Å². The largest absolute Gasteiger partial charge is 0.480 e. The van der Waals surface area contributed by atoms with Gasteiger partial charge in [0.1, 0.15) is 11.9 Å². The van der Waals surface area contributed by atoms with Crippen LogP contribution in [0.25, 0.3) is 10.1 Å². The first-order valence-corrected chi connectivity index (χ1v) is 9.06. The third kappa shape index (κ3) is 4.61. The van der Waals surface area contributed by atoms with Crippen LogP contribution < -0.4 is 5.32 Å². The van der Waals surface area contributed by atoms with Crippen LogP contribution in [0.15, 0.2) is 18.2 Å².